The summed E-state index contributed by atoms with van der Waals surface area (Å²) in [5, 5.41) is 11.9. The molecule has 1 atom stereocenters. The minimum Gasteiger partial charge on any atom is -0.506 e. The van der Waals surface area contributed by atoms with Crippen LogP contribution in [0, 0.1) is 5.92 Å². The van der Waals surface area contributed by atoms with Crippen molar-refractivity contribution in [1.82, 2.24) is 5.32 Å². The van der Waals surface area contributed by atoms with Crippen molar-refractivity contribution in [3.05, 3.63) is 23.8 Å². The predicted octanol–water partition coefficient (Wildman–Crippen LogP) is 0.214. The van der Waals surface area contributed by atoms with Gasteiger partial charge >= 0.3 is 0 Å². The highest BCUT2D eigenvalue weighted by atomic mass is 16.3. The second-order valence-corrected chi connectivity index (χ2v) is 4.37. The maximum atomic E-state index is 11.9. The Bertz CT molecular complexity index is 472. The second-order valence-electron chi connectivity index (χ2n) is 4.37. The molecular formula is C12H17N3O3. The number of nitrogens with two attached hydrogens (primary N) is 2. The Morgan fingerprint density at radius 1 is 1.33 bits per heavy atom. The molecule has 0 heterocycles. The lowest BCUT2D eigenvalue weighted by Gasteiger charge is -2.19. The number of carbonyl (C=O) groups is 2. The second kappa shape index (κ2) is 5.39. The van der Waals surface area contributed by atoms with Gasteiger partial charge in [0.1, 0.15) is 11.8 Å². The Balaban J connectivity index is 2.87. The minimum atomic E-state index is -0.753. The molecule has 0 fully saturated rings. The number of rotatable bonds is 4. The van der Waals surface area contributed by atoms with E-state index in [0.29, 0.717) is 0 Å². The van der Waals surface area contributed by atoms with Gasteiger partial charge in [0.25, 0.3) is 5.91 Å². The number of amides is 2. The summed E-state index contributed by atoms with van der Waals surface area (Å²) in [4.78, 5) is 23.0. The van der Waals surface area contributed by atoms with E-state index >= 15 is 0 Å². The third kappa shape index (κ3) is 3.13. The number of phenolic OH excluding ortho intramolecular Hbond substituents is 1. The molecule has 1 rings (SSSR count). The van der Waals surface area contributed by atoms with Gasteiger partial charge in [-0.3, -0.25) is 9.59 Å². The Hall–Kier alpha value is -2.24. The predicted molar refractivity (Wildman–Crippen MR) is 67.8 cm³/mol. The lowest BCUT2D eigenvalue weighted by molar-refractivity contribution is -0.120. The van der Waals surface area contributed by atoms with Crippen LogP contribution in [0.4, 0.5) is 5.69 Å². The summed E-state index contributed by atoms with van der Waals surface area (Å²) >= 11 is 0. The van der Waals surface area contributed by atoms with E-state index < -0.39 is 17.9 Å². The largest absolute Gasteiger partial charge is 0.506 e. The van der Waals surface area contributed by atoms with Gasteiger partial charge in [0.05, 0.1) is 5.69 Å². The fourth-order valence-corrected chi connectivity index (χ4v) is 1.48. The molecule has 0 aliphatic rings. The van der Waals surface area contributed by atoms with Crippen molar-refractivity contribution >= 4 is 17.5 Å². The van der Waals surface area contributed by atoms with E-state index in [0.717, 1.165) is 0 Å². The molecule has 1 aromatic rings. The molecule has 0 spiro atoms. The van der Waals surface area contributed by atoms with Crippen molar-refractivity contribution in [1.29, 1.82) is 0 Å². The zero-order valence-corrected chi connectivity index (χ0v) is 10.3. The number of carbonyl (C=O) groups excluding carboxylic acids is 2. The number of phenols is 1. The first-order valence-electron chi connectivity index (χ1n) is 5.51. The van der Waals surface area contributed by atoms with Crippen molar-refractivity contribution in [2.24, 2.45) is 11.7 Å². The van der Waals surface area contributed by atoms with Crippen molar-refractivity contribution in [3.8, 4) is 5.75 Å². The van der Waals surface area contributed by atoms with Gasteiger partial charge in [-0.15, -0.1) is 0 Å². The number of anilines is 1. The fourth-order valence-electron chi connectivity index (χ4n) is 1.48. The molecule has 1 aromatic carbocycles. The smallest absolute Gasteiger partial charge is 0.252 e. The maximum Gasteiger partial charge on any atom is 0.252 e. The number of nitrogens with one attached hydrogen (secondary N) is 1. The van der Waals surface area contributed by atoms with Gasteiger partial charge in [0.15, 0.2) is 0 Å². The topological polar surface area (TPSA) is 118 Å². The van der Waals surface area contributed by atoms with E-state index in [4.69, 9.17) is 11.5 Å². The molecule has 98 valence electrons. The zero-order valence-electron chi connectivity index (χ0n) is 10.3. The third-order valence-electron chi connectivity index (χ3n) is 2.55. The van der Waals surface area contributed by atoms with Gasteiger partial charge in [-0.25, -0.2) is 0 Å². The first-order valence-corrected chi connectivity index (χ1v) is 5.51. The van der Waals surface area contributed by atoms with Gasteiger partial charge in [-0.2, -0.15) is 0 Å². The zero-order chi connectivity index (χ0) is 13.9. The summed E-state index contributed by atoms with van der Waals surface area (Å²) in [6.45, 7) is 3.55. The molecule has 0 aromatic heterocycles. The summed E-state index contributed by atoms with van der Waals surface area (Å²) in [6.07, 6.45) is 0. The molecule has 1 unspecified atom stereocenters. The normalized spacial score (nSPS) is 12.2. The summed E-state index contributed by atoms with van der Waals surface area (Å²) < 4.78 is 0. The molecule has 0 bridgehead atoms. The molecule has 6 heteroatoms. The number of benzene rings is 1. The molecule has 6 nitrogen and oxygen atoms in total. The van der Waals surface area contributed by atoms with Gasteiger partial charge in [0.2, 0.25) is 5.91 Å². The highest BCUT2D eigenvalue weighted by Crippen LogP contribution is 2.20. The minimum absolute atomic E-state index is 0.117. The molecule has 2 amide bonds. The maximum absolute atomic E-state index is 11.9. The van der Waals surface area contributed by atoms with Gasteiger partial charge < -0.3 is 21.9 Å². The molecule has 0 saturated heterocycles. The van der Waals surface area contributed by atoms with Crippen LogP contribution >= 0.6 is 0 Å². The summed E-state index contributed by atoms with van der Waals surface area (Å²) in [5.74, 6) is -1.38. The number of aromatic hydroxyl groups is 1. The molecule has 0 aliphatic heterocycles. The fraction of sp³-hybridized carbons (Fsp3) is 0.333. The van der Waals surface area contributed by atoms with Crippen LogP contribution < -0.4 is 16.8 Å². The van der Waals surface area contributed by atoms with Crippen LogP contribution in [0.1, 0.15) is 24.2 Å². The lowest BCUT2D eigenvalue weighted by atomic mass is 10.0. The highest BCUT2D eigenvalue weighted by Gasteiger charge is 2.22. The number of hydrogen-bond donors (Lipinski definition) is 4. The van der Waals surface area contributed by atoms with Crippen molar-refractivity contribution in [2.75, 3.05) is 5.73 Å². The average Bonchev–Trinajstić information content (AvgIpc) is 2.28. The number of hydrogen-bond acceptors (Lipinski definition) is 4. The van der Waals surface area contributed by atoms with E-state index in [2.05, 4.69) is 5.32 Å². The molecule has 6 N–H and O–H groups in total. The quantitative estimate of drug-likeness (QED) is 0.452. The van der Waals surface area contributed by atoms with Crippen LogP contribution in [0.25, 0.3) is 0 Å². The first-order chi connectivity index (χ1) is 8.32. The van der Waals surface area contributed by atoms with Gasteiger partial charge in [0, 0.05) is 5.56 Å². The van der Waals surface area contributed by atoms with Crippen molar-refractivity contribution in [3.63, 3.8) is 0 Å². The Morgan fingerprint density at radius 2 is 1.94 bits per heavy atom. The first kappa shape index (κ1) is 13.8. The summed E-state index contributed by atoms with van der Waals surface area (Å²) in [5.41, 5.74) is 11.0. The summed E-state index contributed by atoms with van der Waals surface area (Å²) in [7, 11) is 0. The Morgan fingerprint density at radius 3 is 2.39 bits per heavy atom. The van der Waals surface area contributed by atoms with Crippen LogP contribution in [0.5, 0.6) is 5.75 Å². The van der Waals surface area contributed by atoms with E-state index in [1.165, 1.54) is 18.2 Å². The third-order valence-corrected chi connectivity index (χ3v) is 2.55. The van der Waals surface area contributed by atoms with Crippen LogP contribution in [-0.2, 0) is 4.79 Å². The number of nitrogen functional groups attached to an aromatic ring is 1. The van der Waals surface area contributed by atoms with Crippen LogP contribution in [-0.4, -0.2) is 23.0 Å². The monoisotopic (exact) mass is 251 g/mol. The molecule has 18 heavy (non-hydrogen) atoms. The molecular weight excluding hydrogens is 234 g/mol. The van der Waals surface area contributed by atoms with Crippen LogP contribution in [0.2, 0.25) is 0 Å². The Kier molecular flexibility index (Phi) is 4.14. The van der Waals surface area contributed by atoms with E-state index in [-0.39, 0.29) is 22.9 Å². The molecule has 0 aliphatic carbocycles. The Labute approximate surface area is 105 Å². The summed E-state index contributed by atoms with van der Waals surface area (Å²) in [6, 6.07) is 3.36. The van der Waals surface area contributed by atoms with E-state index in [9.17, 15) is 14.7 Å². The van der Waals surface area contributed by atoms with E-state index in [1.807, 2.05) is 0 Å². The highest BCUT2D eigenvalue weighted by molar-refractivity contribution is 5.98. The van der Waals surface area contributed by atoms with Crippen molar-refractivity contribution < 1.29 is 14.7 Å². The van der Waals surface area contributed by atoms with Crippen molar-refractivity contribution in [2.45, 2.75) is 19.9 Å². The van der Waals surface area contributed by atoms with Crippen LogP contribution in [0.15, 0.2) is 18.2 Å². The van der Waals surface area contributed by atoms with E-state index in [1.54, 1.807) is 13.8 Å². The SMILES string of the molecule is CC(C)C(NC(=O)c1ccc(N)c(O)c1)C(N)=O. The lowest BCUT2D eigenvalue weighted by Crippen LogP contribution is -2.47. The average molecular weight is 251 g/mol. The molecule has 0 saturated carbocycles. The van der Waals surface area contributed by atoms with Gasteiger partial charge in [-0.05, 0) is 24.1 Å². The molecule has 0 radical (unpaired) electrons. The standard InChI is InChI=1S/C12H17N3O3/c1-6(2)10(11(14)17)15-12(18)7-3-4-8(13)9(16)5-7/h3-6,10,16H,13H2,1-2H3,(H2,14,17)(H,15,18). The van der Waals surface area contributed by atoms with Gasteiger partial charge in [-0.1, -0.05) is 13.8 Å². The number of primary amides is 1. The van der Waals surface area contributed by atoms with Crippen LogP contribution in [0.3, 0.4) is 0 Å².